The molecule has 2 aliphatic rings. The summed E-state index contributed by atoms with van der Waals surface area (Å²) >= 11 is 0. The van der Waals surface area contributed by atoms with Crippen molar-refractivity contribution >= 4 is 0 Å². The molecule has 0 radical (unpaired) electrons. The highest BCUT2D eigenvalue weighted by atomic mass is 16.3. The van der Waals surface area contributed by atoms with Gasteiger partial charge in [-0.25, -0.2) is 0 Å². The van der Waals surface area contributed by atoms with Crippen molar-refractivity contribution in [2.75, 3.05) is 13.1 Å². The number of aliphatic hydroxyl groups is 2. The quantitative estimate of drug-likeness (QED) is 0.775. The summed E-state index contributed by atoms with van der Waals surface area (Å²) in [6, 6.07) is 15.0. The maximum absolute atomic E-state index is 11.3. The van der Waals surface area contributed by atoms with Crippen LogP contribution < -0.4 is 0 Å². The van der Waals surface area contributed by atoms with Gasteiger partial charge in [-0.05, 0) is 67.3 Å². The van der Waals surface area contributed by atoms with Crippen LogP contribution in [0.1, 0.15) is 42.6 Å². The van der Waals surface area contributed by atoms with Crippen LogP contribution in [0.5, 0.6) is 5.75 Å². The zero-order chi connectivity index (χ0) is 19.2. The predicted octanol–water partition coefficient (Wildman–Crippen LogP) is 3.35. The van der Waals surface area contributed by atoms with Gasteiger partial charge in [-0.2, -0.15) is 0 Å². The summed E-state index contributed by atoms with van der Waals surface area (Å²) in [6.07, 6.45) is 1.00. The van der Waals surface area contributed by atoms with Crippen LogP contribution in [-0.4, -0.2) is 39.4 Å². The van der Waals surface area contributed by atoms with Crippen LogP contribution in [0, 0.1) is 18.8 Å². The minimum atomic E-state index is -0.717. The first-order valence-electron chi connectivity index (χ1n) is 9.87. The lowest BCUT2D eigenvalue weighted by molar-refractivity contribution is 0.0207. The molecule has 4 heteroatoms. The van der Waals surface area contributed by atoms with Gasteiger partial charge in [-0.15, -0.1) is 0 Å². The lowest BCUT2D eigenvalue weighted by Gasteiger charge is -2.32. The molecule has 0 spiro atoms. The zero-order valence-corrected chi connectivity index (χ0v) is 16.0. The highest BCUT2D eigenvalue weighted by Gasteiger charge is 2.50. The van der Waals surface area contributed by atoms with Crippen LogP contribution in [0.15, 0.2) is 48.5 Å². The molecule has 2 aromatic rings. The second-order valence-electron chi connectivity index (χ2n) is 8.51. The summed E-state index contributed by atoms with van der Waals surface area (Å²) in [5.74, 6) is 1.14. The van der Waals surface area contributed by atoms with E-state index in [0.29, 0.717) is 11.8 Å². The molecule has 1 saturated heterocycles. The first kappa shape index (κ1) is 18.5. The van der Waals surface area contributed by atoms with Crippen LogP contribution >= 0.6 is 0 Å². The van der Waals surface area contributed by atoms with Crippen molar-refractivity contribution in [2.24, 2.45) is 11.8 Å². The number of aliphatic hydroxyl groups excluding tert-OH is 1. The Morgan fingerprint density at radius 2 is 1.59 bits per heavy atom. The number of likely N-dealkylation sites (tertiary alicyclic amines) is 1. The molecule has 0 amide bonds. The number of phenolic OH excluding ortho intramolecular Hbond substituents is 1. The minimum Gasteiger partial charge on any atom is -0.508 e. The summed E-state index contributed by atoms with van der Waals surface area (Å²) in [5.41, 5.74) is 2.34. The molecule has 1 heterocycles. The Labute approximate surface area is 161 Å². The van der Waals surface area contributed by atoms with Gasteiger partial charge < -0.3 is 15.3 Å². The fourth-order valence-corrected chi connectivity index (χ4v) is 5.19. The topological polar surface area (TPSA) is 63.9 Å². The Morgan fingerprint density at radius 3 is 2.19 bits per heavy atom. The summed E-state index contributed by atoms with van der Waals surface area (Å²) < 4.78 is 0. The van der Waals surface area contributed by atoms with Crippen molar-refractivity contribution in [1.82, 2.24) is 4.90 Å². The number of hydrogen-bond acceptors (Lipinski definition) is 4. The van der Waals surface area contributed by atoms with Gasteiger partial charge in [0.05, 0.1) is 11.7 Å². The second-order valence-corrected chi connectivity index (χ2v) is 8.51. The molecule has 1 saturated carbocycles. The third-order valence-corrected chi connectivity index (χ3v) is 6.72. The molecular formula is C23H29NO3. The summed E-state index contributed by atoms with van der Waals surface area (Å²) in [5, 5.41) is 31.5. The smallest absolute Gasteiger partial charge is 0.115 e. The van der Waals surface area contributed by atoms with E-state index in [1.807, 2.05) is 12.1 Å². The number of rotatable bonds is 4. The first-order valence-corrected chi connectivity index (χ1v) is 9.87. The van der Waals surface area contributed by atoms with E-state index >= 15 is 0 Å². The normalized spacial score (nSPS) is 30.2. The Hall–Kier alpha value is -1.88. The molecule has 27 heavy (non-hydrogen) atoms. The standard InChI is InChI=1S/C23H29NO3/c1-15-5-3-4-6-21(15)23(27)11-18-13-24(14-19(18)12-23)16(2)22(26)17-7-9-20(25)10-8-17/h3-10,16,18-19,22,25-27H,11-14H2,1-2H3/t16?,18-,19+,22?,23-. The van der Waals surface area contributed by atoms with Crippen molar-refractivity contribution in [3.63, 3.8) is 0 Å². The molecule has 2 unspecified atom stereocenters. The molecule has 4 rings (SSSR count). The highest BCUT2D eigenvalue weighted by molar-refractivity contribution is 5.33. The Morgan fingerprint density at radius 1 is 1.00 bits per heavy atom. The van der Waals surface area contributed by atoms with Crippen molar-refractivity contribution in [1.29, 1.82) is 0 Å². The van der Waals surface area contributed by atoms with E-state index in [2.05, 4.69) is 30.9 Å². The maximum Gasteiger partial charge on any atom is 0.115 e. The zero-order valence-electron chi connectivity index (χ0n) is 16.0. The van der Waals surface area contributed by atoms with Gasteiger partial charge in [0, 0.05) is 19.1 Å². The fraction of sp³-hybridized carbons (Fsp3) is 0.478. The van der Waals surface area contributed by atoms with Crippen LogP contribution in [0.2, 0.25) is 0 Å². The van der Waals surface area contributed by atoms with Crippen LogP contribution in [0.4, 0.5) is 0 Å². The van der Waals surface area contributed by atoms with Gasteiger partial charge in [0.1, 0.15) is 5.75 Å². The molecule has 4 nitrogen and oxygen atoms in total. The maximum atomic E-state index is 11.3. The molecule has 0 aromatic heterocycles. The number of benzene rings is 2. The lowest BCUT2D eigenvalue weighted by atomic mass is 9.87. The van der Waals surface area contributed by atoms with E-state index in [1.165, 1.54) is 0 Å². The monoisotopic (exact) mass is 367 g/mol. The Bertz CT molecular complexity index is 790. The number of fused-ring (bicyclic) bond motifs is 1. The molecule has 2 fully saturated rings. The molecule has 0 bridgehead atoms. The summed E-state index contributed by atoms with van der Waals surface area (Å²) in [7, 11) is 0. The van der Waals surface area contributed by atoms with E-state index in [0.717, 1.165) is 42.6 Å². The van der Waals surface area contributed by atoms with Crippen molar-refractivity contribution < 1.29 is 15.3 Å². The molecule has 5 atom stereocenters. The molecular weight excluding hydrogens is 338 g/mol. The Balaban J connectivity index is 1.44. The van der Waals surface area contributed by atoms with Crippen LogP contribution in [0.3, 0.4) is 0 Å². The number of phenols is 1. The number of aromatic hydroxyl groups is 1. The fourth-order valence-electron chi connectivity index (χ4n) is 5.19. The van der Waals surface area contributed by atoms with Gasteiger partial charge in [-0.1, -0.05) is 36.4 Å². The van der Waals surface area contributed by atoms with Crippen molar-refractivity contribution in [3.8, 4) is 5.75 Å². The number of nitrogens with zero attached hydrogens (tertiary/aromatic N) is 1. The second kappa shape index (κ2) is 6.93. The third kappa shape index (κ3) is 3.38. The third-order valence-electron chi connectivity index (χ3n) is 6.72. The SMILES string of the molecule is Cc1ccccc1[C@]1(O)C[C@H]2CN(C(C)C(O)c3ccc(O)cc3)C[C@H]2C1. The first-order chi connectivity index (χ1) is 12.9. The van der Waals surface area contributed by atoms with Gasteiger partial charge in [0.2, 0.25) is 0 Å². The predicted molar refractivity (Wildman–Crippen MR) is 105 cm³/mol. The molecule has 2 aromatic carbocycles. The number of hydrogen-bond donors (Lipinski definition) is 3. The van der Waals surface area contributed by atoms with Gasteiger partial charge >= 0.3 is 0 Å². The van der Waals surface area contributed by atoms with Gasteiger partial charge in [0.25, 0.3) is 0 Å². The minimum absolute atomic E-state index is 0.00620. The summed E-state index contributed by atoms with van der Waals surface area (Å²) in [4.78, 5) is 2.35. The Kier molecular flexibility index (Phi) is 4.75. The van der Waals surface area contributed by atoms with Crippen LogP contribution in [0.25, 0.3) is 0 Å². The summed E-state index contributed by atoms with van der Waals surface area (Å²) in [6.45, 7) is 5.96. The molecule has 1 aliphatic heterocycles. The molecule has 1 aliphatic carbocycles. The van der Waals surface area contributed by atoms with E-state index in [4.69, 9.17) is 0 Å². The van der Waals surface area contributed by atoms with E-state index in [-0.39, 0.29) is 11.8 Å². The highest BCUT2D eigenvalue weighted by Crippen LogP contribution is 2.50. The van der Waals surface area contributed by atoms with Gasteiger partial charge in [0.15, 0.2) is 0 Å². The largest absolute Gasteiger partial charge is 0.508 e. The van der Waals surface area contributed by atoms with Crippen molar-refractivity contribution in [2.45, 2.75) is 44.4 Å². The van der Waals surface area contributed by atoms with E-state index in [1.54, 1.807) is 24.3 Å². The lowest BCUT2D eigenvalue weighted by Crippen LogP contribution is -2.37. The van der Waals surface area contributed by atoms with Gasteiger partial charge in [-0.3, -0.25) is 4.90 Å². The molecule has 3 N–H and O–H groups in total. The van der Waals surface area contributed by atoms with E-state index in [9.17, 15) is 15.3 Å². The average Bonchev–Trinajstić information content (AvgIpc) is 3.17. The molecule has 144 valence electrons. The number of aryl methyl sites for hydroxylation is 1. The van der Waals surface area contributed by atoms with Crippen LogP contribution in [-0.2, 0) is 5.60 Å². The van der Waals surface area contributed by atoms with Crippen molar-refractivity contribution in [3.05, 3.63) is 65.2 Å². The van der Waals surface area contributed by atoms with E-state index < -0.39 is 11.7 Å². The average molecular weight is 367 g/mol.